The van der Waals surface area contributed by atoms with E-state index < -0.39 is 0 Å². The molecule has 10 aliphatic carbocycles. The van der Waals surface area contributed by atoms with Gasteiger partial charge in [0, 0.05) is 48.9 Å². The second kappa shape index (κ2) is 19.9. The highest BCUT2D eigenvalue weighted by atomic mass is 15.0. The zero-order valence-electron chi connectivity index (χ0n) is 51.5. The van der Waals surface area contributed by atoms with Crippen LogP contribution in [0.25, 0.3) is 89.6 Å². The number of aromatic nitrogens is 2. The Bertz CT molecular complexity index is 4940. The lowest BCUT2D eigenvalue weighted by atomic mass is 9.69. The minimum absolute atomic E-state index is 0.0345. The van der Waals surface area contributed by atoms with Crippen LogP contribution < -0.4 is 10.6 Å². The highest BCUT2D eigenvalue weighted by Gasteiger charge is 2.40. The van der Waals surface area contributed by atoms with Crippen LogP contribution in [0.5, 0.6) is 0 Å². The van der Waals surface area contributed by atoms with Gasteiger partial charge in [0.15, 0.2) is 0 Å². The predicted octanol–water partition coefficient (Wildman–Crippen LogP) is 20.7. The maximum Gasteiger partial charge on any atom is 0.0544 e. The van der Waals surface area contributed by atoms with E-state index >= 15 is 0 Å². The van der Waals surface area contributed by atoms with Crippen LogP contribution in [0.15, 0.2) is 245 Å². The Morgan fingerprint density at radius 1 is 0.477 bits per heavy atom. The molecular formula is C86H76N2. The van der Waals surface area contributed by atoms with Gasteiger partial charge in [0.05, 0.1) is 16.6 Å². The molecule has 88 heavy (non-hydrogen) atoms. The van der Waals surface area contributed by atoms with E-state index in [2.05, 4.69) is 255 Å². The van der Waals surface area contributed by atoms with Gasteiger partial charge in [0.1, 0.15) is 0 Å². The normalized spacial score (nSPS) is 23.3. The first kappa shape index (κ1) is 52.4. The second-order valence-corrected chi connectivity index (χ2v) is 28.3. The van der Waals surface area contributed by atoms with Gasteiger partial charge in [0.25, 0.3) is 0 Å². The quantitative estimate of drug-likeness (QED) is 0.151. The molecule has 0 N–H and O–H groups in total. The van der Waals surface area contributed by atoms with Crippen molar-refractivity contribution in [2.24, 2.45) is 23.7 Å². The van der Waals surface area contributed by atoms with E-state index in [1.165, 1.54) is 169 Å². The number of allylic oxidation sites excluding steroid dienone is 24. The fourth-order valence-electron chi connectivity index (χ4n) is 18.0. The Morgan fingerprint density at radius 2 is 1.23 bits per heavy atom. The molecule has 0 radical (unpaired) electrons. The fourth-order valence-corrected chi connectivity index (χ4v) is 18.0. The zero-order chi connectivity index (χ0) is 58.6. The van der Waals surface area contributed by atoms with E-state index in [0.29, 0.717) is 23.7 Å². The van der Waals surface area contributed by atoms with E-state index in [1.54, 1.807) is 5.57 Å². The summed E-state index contributed by atoms with van der Waals surface area (Å²) in [5, 5.41) is 6.70. The number of benzene rings is 6. The molecule has 4 atom stereocenters. The Balaban J connectivity index is 0.703. The summed E-state index contributed by atoms with van der Waals surface area (Å²) in [6.45, 7) is 9.71. The van der Waals surface area contributed by atoms with Crippen molar-refractivity contribution in [3.05, 3.63) is 284 Å². The van der Waals surface area contributed by atoms with Gasteiger partial charge in [-0.1, -0.05) is 191 Å². The van der Waals surface area contributed by atoms with Gasteiger partial charge in [-0.25, -0.2) is 0 Å². The van der Waals surface area contributed by atoms with Gasteiger partial charge >= 0.3 is 0 Å². The predicted molar refractivity (Wildman–Crippen MR) is 371 cm³/mol. The first-order valence-electron chi connectivity index (χ1n) is 33.3. The van der Waals surface area contributed by atoms with E-state index in [9.17, 15) is 0 Å². The Morgan fingerprint density at radius 3 is 2.09 bits per heavy atom. The topological polar surface area (TPSA) is 9.86 Å². The third-order valence-corrected chi connectivity index (χ3v) is 22.7. The lowest BCUT2D eigenvalue weighted by molar-refractivity contribution is 0.370. The average molecular weight is 1140 g/mol. The Labute approximate surface area is 518 Å². The largest absolute Gasteiger partial charge is 0.310 e. The highest BCUT2D eigenvalue weighted by molar-refractivity contribution is 6.12. The van der Waals surface area contributed by atoms with E-state index in [0.717, 1.165) is 57.8 Å². The molecule has 0 aliphatic heterocycles. The third-order valence-electron chi connectivity index (χ3n) is 22.7. The first-order chi connectivity index (χ1) is 43.1. The Kier molecular flexibility index (Phi) is 11.9. The fraction of sp³-hybridized carbons (Fsp3) is 0.256. The molecule has 2 heterocycles. The minimum Gasteiger partial charge on any atom is -0.310 e. The summed E-state index contributed by atoms with van der Waals surface area (Å²) in [5.74, 6) is 2.30. The summed E-state index contributed by atoms with van der Waals surface area (Å²) in [6.07, 6.45) is 55.7. The highest BCUT2D eigenvalue weighted by Crippen LogP contribution is 2.54. The van der Waals surface area contributed by atoms with Crippen LogP contribution in [0.3, 0.4) is 0 Å². The third kappa shape index (κ3) is 8.12. The minimum atomic E-state index is -0.0617. The van der Waals surface area contributed by atoms with Crippen molar-refractivity contribution in [3.8, 4) is 33.6 Å². The molecule has 8 aromatic rings. The second-order valence-electron chi connectivity index (χ2n) is 28.3. The van der Waals surface area contributed by atoms with Crippen molar-refractivity contribution in [1.29, 1.82) is 0 Å². The molecule has 0 saturated heterocycles. The number of fused-ring (bicyclic) bond motifs is 13. The molecule has 6 aromatic carbocycles. The molecule has 0 bridgehead atoms. The molecule has 4 unspecified atom stereocenters. The summed E-state index contributed by atoms with van der Waals surface area (Å²) in [7, 11) is 0. The van der Waals surface area contributed by atoms with Crippen molar-refractivity contribution < 1.29 is 0 Å². The monoisotopic (exact) mass is 1140 g/mol. The van der Waals surface area contributed by atoms with Crippen LogP contribution in [0.1, 0.15) is 133 Å². The van der Waals surface area contributed by atoms with E-state index in [1.807, 2.05) is 0 Å². The molecule has 10 aliphatic rings. The molecule has 2 aromatic heterocycles. The van der Waals surface area contributed by atoms with Gasteiger partial charge in [0.2, 0.25) is 0 Å². The summed E-state index contributed by atoms with van der Waals surface area (Å²) >= 11 is 0. The zero-order valence-corrected chi connectivity index (χ0v) is 51.5. The van der Waals surface area contributed by atoms with Crippen LogP contribution in [0.2, 0.25) is 0 Å². The van der Waals surface area contributed by atoms with Crippen LogP contribution >= 0.6 is 0 Å². The lowest BCUT2D eigenvalue weighted by Gasteiger charge is -2.35. The number of hydrogen-bond donors (Lipinski definition) is 0. The molecule has 18 rings (SSSR count). The van der Waals surface area contributed by atoms with Gasteiger partial charge in [-0.3, -0.25) is 0 Å². The number of nitrogens with zero attached hydrogens (tertiary/aromatic N) is 2. The van der Waals surface area contributed by atoms with Crippen molar-refractivity contribution in [1.82, 2.24) is 9.13 Å². The van der Waals surface area contributed by atoms with Crippen molar-refractivity contribution in [2.75, 3.05) is 0 Å². The summed E-state index contributed by atoms with van der Waals surface area (Å²) in [6, 6.07) is 45.3. The van der Waals surface area contributed by atoms with Gasteiger partial charge in [-0.05, 0) is 256 Å². The molecule has 2 heteroatoms. The smallest absolute Gasteiger partial charge is 0.0544 e. The molecule has 2 nitrogen and oxygen atoms in total. The van der Waals surface area contributed by atoms with Crippen LogP contribution in [-0.4, -0.2) is 9.13 Å². The van der Waals surface area contributed by atoms with Crippen LogP contribution in [-0.2, 0) is 10.8 Å². The summed E-state index contributed by atoms with van der Waals surface area (Å²) in [5.41, 5.74) is 31.7. The average Bonchev–Trinajstić information content (AvgIpc) is 1.60. The molecule has 430 valence electrons. The summed E-state index contributed by atoms with van der Waals surface area (Å²) < 4.78 is 5.10. The maximum atomic E-state index is 2.68. The molecule has 0 saturated carbocycles. The van der Waals surface area contributed by atoms with Crippen molar-refractivity contribution >= 4 is 56.0 Å². The molecule has 0 fully saturated rings. The standard InChI is InChI=1S/C86H76N2/c1-85(2)77-25-12-9-22-69(77)72-49-75-71-24-11-14-27-81(71)87(83(75)51-79(72)85)67-37-32-55(33-38-67)56-34-39-68(40-35-56)88-82-41-36-63(48-74(82)76-50-73-70-23-10-13-26-78(70)86(3,4)80(73)52-84(76)88)59-20-15-21-60(44-59)64-45-65(61-30-28-53-16-5-7-18-57(53)42-61)47-66(46-64)62-31-29-54-17-6-8-19-58(54)43-62/h5,7-10,12,16,19-20,22-25,27-28,30-41,43-44,46-52,54,57,61,65H,6,11,13-15,17-18,21,26,29,42,45H2,1-4H3. The maximum absolute atomic E-state index is 2.68. The van der Waals surface area contributed by atoms with Crippen molar-refractivity contribution in [2.45, 2.75) is 116 Å². The molecule has 0 amide bonds. The Hall–Kier alpha value is -8.72. The summed E-state index contributed by atoms with van der Waals surface area (Å²) in [4.78, 5) is 0. The van der Waals surface area contributed by atoms with Gasteiger partial charge in [-0.2, -0.15) is 0 Å². The van der Waals surface area contributed by atoms with Crippen LogP contribution in [0, 0.1) is 23.7 Å². The molecule has 0 spiro atoms. The van der Waals surface area contributed by atoms with Gasteiger partial charge in [-0.15, -0.1) is 0 Å². The molecular weight excluding hydrogens is 1060 g/mol. The van der Waals surface area contributed by atoms with E-state index in [-0.39, 0.29) is 10.8 Å². The van der Waals surface area contributed by atoms with Gasteiger partial charge < -0.3 is 9.13 Å². The number of rotatable bonds is 7. The lowest BCUT2D eigenvalue weighted by Crippen LogP contribution is -2.30. The van der Waals surface area contributed by atoms with Crippen molar-refractivity contribution in [3.63, 3.8) is 0 Å². The SMILES string of the molecule is CC1(C)C2=C(C=CCC2)c2cc3c4cc(C5=CCCC(C6=CC(C7=CCC8CCC=CC8=C7)=CC(C7C=CC8=CC=CCC8C7)C6)=C5)ccc4n(-c4ccc(-c5ccc(-n6c7c(c8cc9c(cc86)C(C)(C)c6ccccc6-9)=CCCC=7)cc5)cc4)c3cc21. The number of hydrogen-bond acceptors (Lipinski definition) is 0. The van der Waals surface area contributed by atoms with E-state index in [4.69, 9.17) is 0 Å². The first-order valence-corrected chi connectivity index (χ1v) is 33.3. The van der Waals surface area contributed by atoms with Crippen LogP contribution in [0.4, 0.5) is 0 Å².